The first kappa shape index (κ1) is 49.8. The number of carbonyl (C=O) groups excluding carboxylic acids is 2. The number of methoxy groups -OCH3 is 1. The summed E-state index contributed by atoms with van der Waals surface area (Å²) >= 11 is 0. The van der Waals surface area contributed by atoms with Crippen LogP contribution in [0.15, 0.2) is 0 Å². The van der Waals surface area contributed by atoms with Gasteiger partial charge in [0.15, 0.2) is 12.6 Å². The third-order valence-electron chi connectivity index (χ3n) is 11.8. The van der Waals surface area contributed by atoms with Crippen molar-refractivity contribution in [1.29, 1.82) is 0 Å². The van der Waals surface area contributed by atoms with Crippen LogP contribution in [0.1, 0.15) is 94.9 Å². The van der Waals surface area contributed by atoms with E-state index < -0.39 is 115 Å². The van der Waals surface area contributed by atoms with Crippen LogP contribution < -0.4 is 0 Å². The topological polar surface area (TPSA) is 255 Å². The number of aliphatic hydroxyl groups excluding tert-OH is 3. The SMILES string of the molecule is CC[C@H]1OC(=O)[C@H](C)[C@@H](O[C@H]2C[C@@](C)(OC)[C@@H](O)[C@H](C)O2)[C@@H](C)[C@@H](O[C@@H]2O[C@H](C)C[C@H](N(C)C)[C@H]2O)[C@](C)(O)C[C@@H](C)C(=O)[C@H](C)[C@H](O)[C@]1(C)O.OB(O)O. The van der Waals surface area contributed by atoms with Crippen molar-refractivity contribution in [3.8, 4) is 0 Å². The molecule has 3 aliphatic heterocycles. The molecule has 0 aliphatic carbocycles. The third-order valence-corrected chi connectivity index (χ3v) is 11.8. The maximum absolute atomic E-state index is 14.1. The summed E-state index contributed by atoms with van der Waals surface area (Å²) in [6.07, 6.45) is -9.71. The van der Waals surface area contributed by atoms with E-state index in [4.69, 9.17) is 43.5 Å². The Hall–Kier alpha value is -1.36. The zero-order chi connectivity index (χ0) is 42.5. The fraction of sp³-hybridized carbons (Fsp3) is 0.946. The van der Waals surface area contributed by atoms with Gasteiger partial charge in [-0.1, -0.05) is 27.7 Å². The van der Waals surface area contributed by atoms with Crippen LogP contribution in [0.4, 0.5) is 0 Å². The predicted octanol–water partition coefficient (Wildman–Crippen LogP) is -0.266. The number of rotatable bonds is 7. The van der Waals surface area contributed by atoms with Gasteiger partial charge in [-0.25, -0.2) is 0 Å². The Balaban J connectivity index is 0.00000248. The number of aliphatic hydroxyl groups is 5. The highest BCUT2D eigenvalue weighted by molar-refractivity contribution is 6.30. The van der Waals surface area contributed by atoms with Crippen LogP contribution in [-0.4, -0.2) is 170 Å². The number of hydrogen-bond donors (Lipinski definition) is 8. The molecule has 0 aromatic rings. The molecule has 18 heteroatoms. The molecular formula is C37H70BNO16. The number of likely N-dealkylation sites (N-methyl/N-ethyl adjacent to an activating group) is 1. The molecule has 0 unspecified atom stereocenters. The van der Waals surface area contributed by atoms with Crippen LogP contribution in [0, 0.1) is 23.7 Å². The van der Waals surface area contributed by atoms with E-state index in [1.807, 2.05) is 25.9 Å². The van der Waals surface area contributed by atoms with E-state index in [2.05, 4.69) is 0 Å². The number of hydrogen-bond acceptors (Lipinski definition) is 17. The summed E-state index contributed by atoms with van der Waals surface area (Å²) in [4.78, 5) is 29.8. The molecule has 3 saturated heterocycles. The highest BCUT2D eigenvalue weighted by atomic mass is 16.7. The summed E-state index contributed by atoms with van der Waals surface area (Å²) in [5, 5.41) is 79.1. The lowest BCUT2D eigenvalue weighted by Gasteiger charge is -2.49. The van der Waals surface area contributed by atoms with E-state index >= 15 is 0 Å². The molecule has 0 saturated carbocycles. The average Bonchev–Trinajstić information content (AvgIpc) is 3.08. The van der Waals surface area contributed by atoms with Crippen molar-refractivity contribution in [2.75, 3.05) is 21.2 Å². The smallest absolute Gasteiger partial charge is 0.459 e. The summed E-state index contributed by atoms with van der Waals surface area (Å²) in [5.41, 5.74) is -4.84. The first-order chi connectivity index (χ1) is 25.2. The van der Waals surface area contributed by atoms with E-state index in [1.54, 1.807) is 41.5 Å². The molecule has 0 aromatic carbocycles. The summed E-state index contributed by atoms with van der Waals surface area (Å²) in [5.74, 6) is -4.98. The van der Waals surface area contributed by atoms with Crippen molar-refractivity contribution in [3.05, 3.63) is 0 Å². The van der Waals surface area contributed by atoms with Gasteiger partial charge < -0.3 is 73.9 Å². The largest absolute Gasteiger partial charge is 0.631 e. The second kappa shape index (κ2) is 20.1. The molecule has 0 radical (unpaired) electrons. The van der Waals surface area contributed by atoms with Gasteiger partial charge in [0.1, 0.15) is 29.7 Å². The monoisotopic (exact) mass is 795 g/mol. The molecular weight excluding hydrogens is 725 g/mol. The number of nitrogens with zero attached hydrogens (tertiary/aromatic N) is 1. The summed E-state index contributed by atoms with van der Waals surface area (Å²) in [6.45, 7) is 16.3. The summed E-state index contributed by atoms with van der Waals surface area (Å²) in [7, 11) is 3.01. The number of carbonyl (C=O) groups is 2. The van der Waals surface area contributed by atoms with Crippen molar-refractivity contribution in [2.45, 2.75) is 179 Å². The van der Waals surface area contributed by atoms with Crippen LogP contribution in [-0.2, 0) is 38.0 Å². The van der Waals surface area contributed by atoms with Crippen LogP contribution in [0.5, 0.6) is 0 Å². The Morgan fingerprint density at radius 3 is 1.95 bits per heavy atom. The molecule has 3 fully saturated rings. The Morgan fingerprint density at radius 1 is 0.873 bits per heavy atom. The fourth-order valence-corrected chi connectivity index (χ4v) is 8.41. The Bertz CT molecular complexity index is 1220. The van der Waals surface area contributed by atoms with Gasteiger partial charge in [0, 0.05) is 37.3 Å². The quantitative estimate of drug-likeness (QED) is 0.122. The molecule has 55 heavy (non-hydrogen) atoms. The molecule has 0 aromatic heterocycles. The van der Waals surface area contributed by atoms with Gasteiger partial charge in [0.2, 0.25) is 0 Å². The van der Waals surface area contributed by atoms with Gasteiger partial charge >= 0.3 is 13.3 Å². The molecule has 3 heterocycles. The van der Waals surface area contributed by atoms with Crippen LogP contribution in [0.3, 0.4) is 0 Å². The molecule has 0 amide bonds. The van der Waals surface area contributed by atoms with Gasteiger partial charge in [0.05, 0.1) is 47.6 Å². The minimum Gasteiger partial charge on any atom is -0.459 e. The van der Waals surface area contributed by atoms with Gasteiger partial charge in [-0.2, -0.15) is 0 Å². The molecule has 18 atom stereocenters. The van der Waals surface area contributed by atoms with E-state index in [0.717, 1.165) is 0 Å². The first-order valence-corrected chi connectivity index (χ1v) is 19.3. The van der Waals surface area contributed by atoms with Crippen molar-refractivity contribution in [3.63, 3.8) is 0 Å². The lowest BCUT2D eigenvalue weighted by atomic mass is 9.74. The number of ether oxygens (including phenoxy) is 6. The Labute approximate surface area is 326 Å². The number of cyclic esters (lactones) is 1. The van der Waals surface area contributed by atoms with Crippen molar-refractivity contribution in [2.24, 2.45) is 23.7 Å². The van der Waals surface area contributed by atoms with E-state index in [9.17, 15) is 35.1 Å². The van der Waals surface area contributed by atoms with E-state index in [1.165, 1.54) is 27.9 Å². The van der Waals surface area contributed by atoms with Gasteiger partial charge in [0.25, 0.3) is 0 Å². The second-order valence-corrected chi connectivity index (χ2v) is 16.8. The van der Waals surface area contributed by atoms with Gasteiger partial charge in [-0.15, -0.1) is 0 Å². The van der Waals surface area contributed by atoms with E-state index in [-0.39, 0.29) is 31.4 Å². The molecule has 8 N–H and O–H groups in total. The van der Waals surface area contributed by atoms with Crippen LogP contribution in [0.2, 0.25) is 0 Å². The van der Waals surface area contributed by atoms with Crippen molar-refractivity contribution >= 4 is 19.1 Å². The number of Topliss-reactive ketones (excluding diaryl/α,β-unsaturated/α-hetero) is 1. The summed E-state index contributed by atoms with van der Waals surface area (Å²) in [6, 6.07) is -0.324. The van der Waals surface area contributed by atoms with Crippen molar-refractivity contribution < 1.29 is 78.6 Å². The summed E-state index contributed by atoms with van der Waals surface area (Å²) < 4.78 is 37.1. The standard InChI is InChI=1S/C37H67NO13.BH3O3/c1-14-25-37(10,45)30(41)20(4)27(39)18(2)16-35(8,44)32(51-34-28(40)24(38(11)12)15-19(3)47-34)21(5)29(22(6)33(43)49-25)50-26-17-36(9,46-13)31(42)23(7)48-26;2-1(3)4/h18-26,28-32,34,40-42,44-45H,14-17H2,1-13H3;2-4H/t18-,19-,20+,21-,22-,23+,24+,25-,26+,28-,29+,30+,31+,32-,34+,35-,36-,37-;/m1./s1. The molecule has 0 bridgehead atoms. The molecule has 0 spiro atoms. The zero-order valence-corrected chi connectivity index (χ0v) is 34.9. The van der Waals surface area contributed by atoms with E-state index in [0.29, 0.717) is 6.42 Å². The fourth-order valence-electron chi connectivity index (χ4n) is 8.41. The maximum atomic E-state index is 14.1. The van der Waals surface area contributed by atoms with Crippen LogP contribution in [0.25, 0.3) is 0 Å². The molecule has 3 aliphatic rings. The number of ketones is 1. The normalized spacial score (nSPS) is 46.6. The predicted molar refractivity (Wildman–Crippen MR) is 199 cm³/mol. The molecule has 17 nitrogen and oxygen atoms in total. The van der Waals surface area contributed by atoms with Gasteiger partial charge in [-0.05, 0) is 74.9 Å². The Kier molecular flexibility index (Phi) is 18.2. The maximum Gasteiger partial charge on any atom is 0.631 e. The second-order valence-electron chi connectivity index (χ2n) is 16.8. The molecule has 3 rings (SSSR count). The van der Waals surface area contributed by atoms with Crippen molar-refractivity contribution in [1.82, 2.24) is 4.90 Å². The lowest BCUT2D eigenvalue weighted by Crippen LogP contribution is -2.61. The minimum atomic E-state index is -2.17. The first-order valence-electron chi connectivity index (χ1n) is 19.3. The zero-order valence-electron chi connectivity index (χ0n) is 34.9. The Morgan fingerprint density at radius 2 is 1.44 bits per heavy atom. The highest BCUT2D eigenvalue weighted by Gasteiger charge is 2.53. The minimum absolute atomic E-state index is 0.0936. The number of esters is 1. The van der Waals surface area contributed by atoms with Gasteiger partial charge in [-0.3, -0.25) is 9.59 Å². The lowest BCUT2D eigenvalue weighted by molar-refractivity contribution is -0.318. The molecule has 322 valence electrons. The van der Waals surface area contributed by atoms with Crippen LogP contribution >= 0.6 is 0 Å². The third kappa shape index (κ3) is 12.1. The highest BCUT2D eigenvalue weighted by Crippen LogP contribution is 2.40. The average molecular weight is 796 g/mol.